The molecule has 4 aromatic rings. The normalized spacial score (nSPS) is 10.6. The van der Waals surface area contributed by atoms with Crippen molar-refractivity contribution in [3.05, 3.63) is 120 Å². The molecule has 3 heteroatoms. The molecule has 0 radical (unpaired) electrons. The smallest absolute Gasteiger partial charge is 0.161 e. The number of phenolic OH excluding ortho intramolecular Hbond substituents is 1. The third kappa shape index (κ3) is 5.43. The van der Waals surface area contributed by atoms with Gasteiger partial charge < -0.3 is 9.84 Å². The summed E-state index contributed by atoms with van der Waals surface area (Å²) in [5.41, 5.74) is 3.63. The Labute approximate surface area is 175 Å². The Kier molecular flexibility index (Phi) is 6.18. The van der Waals surface area contributed by atoms with E-state index in [9.17, 15) is 5.11 Å². The number of para-hydroxylation sites is 2. The minimum atomic E-state index is 0.165. The number of aromatic hydroxyl groups is 1. The third-order valence-electron chi connectivity index (χ3n) is 4.59. The summed E-state index contributed by atoms with van der Waals surface area (Å²) in [4.78, 5) is 2.50. The minimum absolute atomic E-state index is 0.165. The summed E-state index contributed by atoms with van der Waals surface area (Å²) in [6.07, 6.45) is 0.900. The second-order valence-electron chi connectivity index (χ2n) is 6.81. The highest BCUT2D eigenvalue weighted by atomic mass is 32.2. The van der Waals surface area contributed by atoms with Gasteiger partial charge in [0.25, 0.3) is 0 Å². The molecular formula is C26H22O2S. The van der Waals surface area contributed by atoms with Crippen molar-refractivity contribution in [2.45, 2.75) is 22.8 Å². The van der Waals surface area contributed by atoms with E-state index in [1.54, 1.807) is 30.0 Å². The van der Waals surface area contributed by atoms with Crippen LogP contribution in [-0.4, -0.2) is 5.11 Å². The molecular weight excluding hydrogens is 376 g/mol. The van der Waals surface area contributed by atoms with E-state index in [1.807, 2.05) is 12.1 Å². The molecule has 4 rings (SSSR count). The van der Waals surface area contributed by atoms with Crippen LogP contribution < -0.4 is 4.74 Å². The lowest BCUT2D eigenvalue weighted by atomic mass is 10.0. The first-order chi connectivity index (χ1) is 14.3. The molecule has 0 amide bonds. The Morgan fingerprint density at radius 1 is 0.586 bits per heavy atom. The lowest BCUT2D eigenvalue weighted by molar-refractivity contribution is 0.289. The van der Waals surface area contributed by atoms with Crippen LogP contribution in [0.25, 0.3) is 0 Å². The van der Waals surface area contributed by atoms with Crippen molar-refractivity contribution < 1.29 is 9.84 Å². The molecule has 0 spiro atoms. The highest BCUT2D eigenvalue weighted by Gasteiger charge is 2.03. The maximum Gasteiger partial charge on any atom is 0.161 e. The molecule has 2 nitrogen and oxygen atoms in total. The zero-order valence-electron chi connectivity index (χ0n) is 16.0. The molecule has 29 heavy (non-hydrogen) atoms. The van der Waals surface area contributed by atoms with Crippen LogP contribution in [0, 0.1) is 0 Å². The van der Waals surface area contributed by atoms with Crippen molar-refractivity contribution in [3.8, 4) is 11.5 Å². The number of benzene rings is 4. The lowest BCUT2D eigenvalue weighted by Crippen LogP contribution is -1.96. The molecule has 4 aromatic carbocycles. The third-order valence-corrected chi connectivity index (χ3v) is 5.61. The predicted octanol–water partition coefficient (Wildman–Crippen LogP) is 6.71. The van der Waals surface area contributed by atoms with E-state index in [-0.39, 0.29) is 5.75 Å². The lowest BCUT2D eigenvalue weighted by Gasteiger charge is -2.09. The van der Waals surface area contributed by atoms with E-state index < -0.39 is 0 Å². The van der Waals surface area contributed by atoms with E-state index >= 15 is 0 Å². The maximum atomic E-state index is 9.77. The van der Waals surface area contributed by atoms with E-state index in [0.717, 1.165) is 12.0 Å². The first-order valence-corrected chi connectivity index (χ1v) is 10.4. The van der Waals surface area contributed by atoms with Gasteiger partial charge in [0.2, 0.25) is 0 Å². The van der Waals surface area contributed by atoms with Gasteiger partial charge in [-0.15, -0.1) is 0 Å². The number of ether oxygens (including phenoxy) is 1. The Hall–Kier alpha value is -3.17. The van der Waals surface area contributed by atoms with Gasteiger partial charge in [-0.3, -0.25) is 0 Å². The fourth-order valence-electron chi connectivity index (χ4n) is 3.03. The molecule has 0 unspecified atom stereocenters. The van der Waals surface area contributed by atoms with Crippen LogP contribution in [0.3, 0.4) is 0 Å². The average Bonchev–Trinajstić information content (AvgIpc) is 2.76. The number of rotatable bonds is 7. The van der Waals surface area contributed by atoms with E-state index in [2.05, 4.69) is 72.8 Å². The molecule has 0 saturated carbocycles. The zero-order valence-corrected chi connectivity index (χ0v) is 16.8. The summed E-state index contributed by atoms with van der Waals surface area (Å²) >= 11 is 1.78. The van der Waals surface area contributed by atoms with Crippen LogP contribution in [0.5, 0.6) is 11.5 Å². The van der Waals surface area contributed by atoms with Crippen LogP contribution in [0.1, 0.15) is 16.7 Å². The maximum absolute atomic E-state index is 9.77. The second kappa shape index (κ2) is 9.35. The van der Waals surface area contributed by atoms with Crippen LogP contribution in [0.15, 0.2) is 113 Å². The molecule has 0 aliphatic heterocycles. The number of phenols is 1. The Morgan fingerprint density at radius 2 is 1.14 bits per heavy atom. The molecule has 0 heterocycles. The quantitative estimate of drug-likeness (QED) is 0.375. The second-order valence-corrected chi connectivity index (χ2v) is 7.96. The van der Waals surface area contributed by atoms with Gasteiger partial charge in [0, 0.05) is 9.79 Å². The van der Waals surface area contributed by atoms with Crippen LogP contribution >= 0.6 is 11.8 Å². The fourth-order valence-corrected chi connectivity index (χ4v) is 3.87. The zero-order chi connectivity index (χ0) is 19.9. The van der Waals surface area contributed by atoms with Gasteiger partial charge in [-0.2, -0.15) is 0 Å². The Balaban J connectivity index is 1.33. The van der Waals surface area contributed by atoms with Crippen molar-refractivity contribution in [3.63, 3.8) is 0 Å². The van der Waals surface area contributed by atoms with E-state index in [0.29, 0.717) is 12.4 Å². The summed E-state index contributed by atoms with van der Waals surface area (Å²) in [5.74, 6) is 0.669. The largest absolute Gasteiger partial charge is 0.504 e. The van der Waals surface area contributed by atoms with Gasteiger partial charge in [0.1, 0.15) is 6.61 Å². The monoisotopic (exact) mass is 398 g/mol. The molecule has 0 aliphatic carbocycles. The molecule has 0 fully saturated rings. The summed E-state index contributed by atoms with van der Waals surface area (Å²) in [6.45, 7) is 0.434. The Morgan fingerprint density at radius 3 is 1.83 bits per heavy atom. The highest BCUT2D eigenvalue weighted by molar-refractivity contribution is 7.99. The van der Waals surface area contributed by atoms with Crippen molar-refractivity contribution in [1.29, 1.82) is 0 Å². The first kappa shape index (κ1) is 19.2. The minimum Gasteiger partial charge on any atom is -0.504 e. The van der Waals surface area contributed by atoms with Gasteiger partial charge in [-0.05, 0) is 59.5 Å². The summed E-state index contributed by atoms with van der Waals surface area (Å²) in [5, 5.41) is 9.77. The highest BCUT2D eigenvalue weighted by Crippen LogP contribution is 2.28. The van der Waals surface area contributed by atoms with Crippen molar-refractivity contribution in [2.24, 2.45) is 0 Å². The van der Waals surface area contributed by atoms with Crippen LogP contribution in [0.4, 0.5) is 0 Å². The van der Waals surface area contributed by atoms with Crippen molar-refractivity contribution in [1.82, 2.24) is 0 Å². The number of hydrogen-bond acceptors (Lipinski definition) is 3. The number of hydrogen-bond donors (Lipinski definition) is 1. The standard InChI is InChI=1S/C26H22O2S/c27-25-8-4-5-9-26(25)28-19-22-12-10-20(11-13-22)18-21-14-16-24(17-15-21)29-23-6-2-1-3-7-23/h1-17,27H,18-19H2. The van der Waals surface area contributed by atoms with Gasteiger partial charge in [0.15, 0.2) is 11.5 Å². The summed E-state index contributed by atoms with van der Waals surface area (Å²) in [7, 11) is 0. The molecule has 0 aromatic heterocycles. The first-order valence-electron chi connectivity index (χ1n) is 9.57. The van der Waals surface area contributed by atoms with Crippen LogP contribution in [-0.2, 0) is 13.0 Å². The van der Waals surface area contributed by atoms with Gasteiger partial charge in [-0.1, -0.05) is 78.5 Å². The average molecular weight is 399 g/mol. The van der Waals surface area contributed by atoms with Crippen molar-refractivity contribution >= 4 is 11.8 Å². The SMILES string of the molecule is Oc1ccccc1OCc1ccc(Cc2ccc(Sc3ccccc3)cc2)cc1. The molecule has 0 saturated heterocycles. The molecule has 0 aliphatic rings. The molecule has 0 bridgehead atoms. The van der Waals surface area contributed by atoms with Gasteiger partial charge in [0.05, 0.1) is 0 Å². The molecule has 0 atom stereocenters. The topological polar surface area (TPSA) is 29.5 Å². The summed E-state index contributed by atoms with van der Waals surface area (Å²) in [6, 6.07) is 34.6. The van der Waals surface area contributed by atoms with Crippen LogP contribution in [0.2, 0.25) is 0 Å². The molecule has 144 valence electrons. The Bertz CT molecular complexity index is 1040. The van der Waals surface area contributed by atoms with E-state index in [1.165, 1.54) is 20.9 Å². The molecule has 1 N–H and O–H groups in total. The summed E-state index contributed by atoms with van der Waals surface area (Å²) < 4.78 is 5.69. The van der Waals surface area contributed by atoms with Crippen molar-refractivity contribution in [2.75, 3.05) is 0 Å². The fraction of sp³-hybridized carbons (Fsp3) is 0.0769. The van der Waals surface area contributed by atoms with E-state index in [4.69, 9.17) is 4.74 Å². The van der Waals surface area contributed by atoms with Gasteiger partial charge in [-0.25, -0.2) is 0 Å². The predicted molar refractivity (Wildman–Crippen MR) is 119 cm³/mol. The van der Waals surface area contributed by atoms with Gasteiger partial charge >= 0.3 is 0 Å².